The first kappa shape index (κ1) is 11.1. The van der Waals surface area contributed by atoms with Crippen LogP contribution in [0.3, 0.4) is 0 Å². The van der Waals surface area contributed by atoms with Crippen LogP contribution in [0.5, 0.6) is 0 Å². The number of anilines is 3. The molecule has 1 aromatic carbocycles. The fourth-order valence-electron chi connectivity index (χ4n) is 2.55. The van der Waals surface area contributed by atoms with Gasteiger partial charge in [-0.25, -0.2) is 4.39 Å². The minimum absolute atomic E-state index is 0.224. The van der Waals surface area contributed by atoms with E-state index in [-0.39, 0.29) is 5.82 Å². The second-order valence-corrected chi connectivity index (χ2v) is 4.62. The Labute approximate surface area is 105 Å². The molecule has 5 heteroatoms. The molecule has 0 saturated heterocycles. The normalized spacial score (nSPS) is 14.1. The molecule has 2 N–H and O–H groups in total. The average Bonchev–Trinajstić information content (AvgIpc) is 2.82. The lowest BCUT2D eigenvalue weighted by Gasteiger charge is -2.20. The summed E-state index contributed by atoms with van der Waals surface area (Å²) in [6, 6.07) is 4.90. The van der Waals surface area contributed by atoms with E-state index >= 15 is 0 Å². The first-order chi connectivity index (χ1) is 8.58. The number of aromatic nitrogens is 2. The molecule has 0 amide bonds. The van der Waals surface area contributed by atoms with Gasteiger partial charge in [-0.3, -0.25) is 4.68 Å². The molecule has 3 rings (SSSR count). The Hall–Kier alpha value is -2.04. The third-order valence-electron chi connectivity index (χ3n) is 3.44. The van der Waals surface area contributed by atoms with Crippen molar-refractivity contribution in [3.63, 3.8) is 0 Å². The largest absolute Gasteiger partial charge is 0.394 e. The van der Waals surface area contributed by atoms with Crippen LogP contribution in [0, 0.1) is 12.7 Å². The second-order valence-electron chi connectivity index (χ2n) is 4.62. The molecule has 18 heavy (non-hydrogen) atoms. The Balaban J connectivity index is 2.14. The van der Waals surface area contributed by atoms with Crippen molar-refractivity contribution in [2.24, 2.45) is 7.05 Å². The molecule has 4 nitrogen and oxygen atoms in total. The summed E-state index contributed by atoms with van der Waals surface area (Å²) in [5.74, 6) is 0.620. The fourth-order valence-corrected chi connectivity index (χ4v) is 2.55. The summed E-state index contributed by atoms with van der Waals surface area (Å²) in [5.41, 5.74) is 9.57. The van der Waals surface area contributed by atoms with Gasteiger partial charge in [-0.2, -0.15) is 5.10 Å². The summed E-state index contributed by atoms with van der Waals surface area (Å²) in [4.78, 5) is 2.04. The molecule has 0 fully saturated rings. The first-order valence-corrected chi connectivity index (χ1v) is 5.93. The van der Waals surface area contributed by atoms with Crippen LogP contribution in [0.2, 0.25) is 0 Å². The summed E-state index contributed by atoms with van der Waals surface area (Å²) >= 11 is 0. The third-order valence-corrected chi connectivity index (χ3v) is 3.44. The molecule has 0 unspecified atom stereocenters. The van der Waals surface area contributed by atoms with Gasteiger partial charge in [0.2, 0.25) is 0 Å². The molecule has 0 atom stereocenters. The van der Waals surface area contributed by atoms with Gasteiger partial charge in [-0.05, 0) is 31.0 Å². The molecule has 1 aliphatic heterocycles. The van der Waals surface area contributed by atoms with Crippen molar-refractivity contribution in [3.05, 3.63) is 35.3 Å². The number of nitrogens with two attached hydrogens (primary N) is 1. The molecule has 0 radical (unpaired) electrons. The van der Waals surface area contributed by atoms with Gasteiger partial charge in [-0.1, -0.05) is 6.07 Å². The van der Waals surface area contributed by atoms with Gasteiger partial charge in [0.15, 0.2) is 5.82 Å². The van der Waals surface area contributed by atoms with E-state index in [0.29, 0.717) is 5.69 Å². The molecule has 2 heterocycles. The standard InChI is InChI=1S/C13H15FN4/c1-8-12(15)13(17(2)16-8)18-6-5-9-3-4-10(14)7-11(9)18/h3-4,7H,5-6,15H2,1-2H3. The molecule has 1 aromatic heterocycles. The predicted octanol–water partition coefficient (Wildman–Crippen LogP) is 2.14. The Bertz CT molecular complexity index is 618. The molecule has 0 spiro atoms. The average molecular weight is 246 g/mol. The summed E-state index contributed by atoms with van der Waals surface area (Å²) < 4.78 is 15.1. The zero-order chi connectivity index (χ0) is 12.9. The van der Waals surface area contributed by atoms with Crippen molar-refractivity contribution < 1.29 is 4.39 Å². The quantitative estimate of drug-likeness (QED) is 0.838. The van der Waals surface area contributed by atoms with E-state index < -0.39 is 0 Å². The van der Waals surface area contributed by atoms with Crippen LogP contribution < -0.4 is 10.6 Å². The van der Waals surface area contributed by atoms with E-state index in [4.69, 9.17) is 5.73 Å². The van der Waals surface area contributed by atoms with Gasteiger partial charge in [0.1, 0.15) is 5.82 Å². The highest BCUT2D eigenvalue weighted by atomic mass is 19.1. The molecule has 0 bridgehead atoms. The molecule has 2 aromatic rings. The van der Waals surface area contributed by atoms with Gasteiger partial charge >= 0.3 is 0 Å². The topological polar surface area (TPSA) is 47.1 Å². The van der Waals surface area contributed by atoms with Crippen molar-refractivity contribution in [3.8, 4) is 0 Å². The molecule has 94 valence electrons. The van der Waals surface area contributed by atoms with Crippen molar-refractivity contribution in [1.82, 2.24) is 9.78 Å². The second kappa shape index (κ2) is 3.73. The summed E-state index contributed by atoms with van der Waals surface area (Å²) in [6.07, 6.45) is 0.902. The molecule has 0 aliphatic carbocycles. The first-order valence-electron chi connectivity index (χ1n) is 5.93. The minimum Gasteiger partial charge on any atom is -0.394 e. The Morgan fingerprint density at radius 2 is 2.17 bits per heavy atom. The zero-order valence-corrected chi connectivity index (χ0v) is 10.4. The number of benzene rings is 1. The van der Waals surface area contributed by atoms with E-state index in [1.807, 2.05) is 24.9 Å². The summed E-state index contributed by atoms with van der Waals surface area (Å²) in [7, 11) is 1.86. The molecule has 1 aliphatic rings. The molecule has 0 saturated carbocycles. The summed E-state index contributed by atoms with van der Waals surface area (Å²) in [5, 5.41) is 4.31. The van der Waals surface area contributed by atoms with Gasteiger partial charge < -0.3 is 10.6 Å². The maximum atomic E-state index is 13.4. The number of aryl methyl sites for hydroxylation is 2. The van der Waals surface area contributed by atoms with Gasteiger partial charge in [0.25, 0.3) is 0 Å². The van der Waals surface area contributed by atoms with Crippen LogP contribution in [0.1, 0.15) is 11.3 Å². The van der Waals surface area contributed by atoms with Crippen molar-refractivity contribution in [1.29, 1.82) is 0 Å². The SMILES string of the molecule is Cc1nn(C)c(N2CCc3ccc(F)cc32)c1N. The fraction of sp³-hybridized carbons (Fsp3) is 0.308. The lowest BCUT2D eigenvalue weighted by atomic mass is 10.2. The van der Waals surface area contributed by atoms with Crippen LogP contribution >= 0.6 is 0 Å². The summed E-state index contributed by atoms with van der Waals surface area (Å²) in [6.45, 7) is 2.68. The van der Waals surface area contributed by atoms with E-state index in [1.54, 1.807) is 10.7 Å². The number of fused-ring (bicyclic) bond motifs is 1. The van der Waals surface area contributed by atoms with Gasteiger partial charge in [0.05, 0.1) is 11.4 Å². The Morgan fingerprint density at radius 1 is 1.39 bits per heavy atom. The molecular formula is C13H15FN4. The van der Waals surface area contributed by atoms with Gasteiger partial charge in [-0.15, -0.1) is 0 Å². The van der Waals surface area contributed by atoms with Gasteiger partial charge in [0, 0.05) is 19.3 Å². The van der Waals surface area contributed by atoms with Crippen LogP contribution in [0.15, 0.2) is 18.2 Å². The lowest BCUT2D eigenvalue weighted by molar-refractivity contribution is 0.627. The Morgan fingerprint density at radius 3 is 2.83 bits per heavy atom. The van der Waals surface area contributed by atoms with E-state index in [2.05, 4.69) is 5.10 Å². The predicted molar refractivity (Wildman–Crippen MR) is 69.5 cm³/mol. The Kier molecular flexibility index (Phi) is 2.29. The highest BCUT2D eigenvalue weighted by Crippen LogP contribution is 2.38. The highest BCUT2D eigenvalue weighted by molar-refractivity contribution is 5.76. The third kappa shape index (κ3) is 1.47. The molecular weight excluding hydrogens is 231 g/mol. The maximum absolute atomic E-state index is 13.4. The van der Waals surface area contributed by atoms with E-state index in [9.17, 15) is 4.39 Å². The van der Waals surface area contributed by atoms with Crippen LogP contribution in [-0.4, -0.2) is 16.3 Å². The smallest absolute Gasteiger partial charge is 0.154 e. The van der Waals surface area contributed by atoms with Crippen molar-refractivity contribution in [2.75, 3.05) is 17.2 Å². The number of nitrogens with zero attached hydrogens (tertiary/aromatic N) is 3. The monoisotopic (exact) mass is 246 g/mol. The minimum atomic E-state index is -0.224. The van der Waals surface area contributed by atoms with Crippen molar-refractivity contribution >= 4 is 17.2 Å². The number of hydrogen-bond donors (Lipinski definition) is 1. The van der Waals surface area contributed by atoms with Crippen molar-refractivity contribution in [2.45, 2.75) is 13.3 Å². The maximum Gasteiger partial charge on any atom is 0.154 e. The zero-order valence-electron chi connectivity index (χ0n) is 10.4. The number of halogens is 1. The number of rotatable bonds is 1. The van der Waals surface area contributed by atoms with E-state index in [1.165, 1.54) is 6.07 Å². The number of nitrogen functional groups attached to an aromatic ring is 1. The highest BCUT2D eigenvalue weighted by Gasteiger charge is 2.25. The van der Waals surface area contributed by atoms with Crippen LogP contribution in [-0.2, 0) is 13.5 Å². The van der Waals surface area contributed by atoms with E-state index in [0.717, 1.165) is 35.7 Å². The van der Waals surface area contributed by atoms with Crippen LogP contribution in [0.4, 0.5) is 21.6 Å². The van der Waals surface area contributed by atoms with Crippen LogP contribution in [0.25, 0.3) is 0 Å². The number of hydrogen-bond acceptors (Lipinski definition) is 3. The lowest BCUT2D eigenvalue weighted by Crippen LogP contribution is -2.18.